The predicted octanol–water partition coefficient (Wildman–Crippen LogP) is 3.05. The lowest BCUT2D eigenvalue weighted by Gasteiger charge is -2.15. The van der Waals surface area contributed by atoms with Gasteiger partial charge < -0.3 is 5.32 Å². The number of amides is 1. The molecule has 2 nitrogen and oxygen atoms in total. The maximum atomic E-state index is 13.0. The maximum Gasteiger partial charge on any atom is 0.251 e. The fourth-order valence-electron chi connectivity index (χ4n) is 2.82. The molecule has 18 heavy (non-hydrogen) atoms. The highest BCUT2D eigenvalue weighted by atomic mass is 19.1. The van der Waals surface area contributed by atoms with Crippen LogP contribution >= 0.6 is 0 Å². The molecule has 0 atom stereocenters. The molecular weight excluding hydrogens is 229 g/mol. The van der Waals surface area contributed by atoms with Crippen molar-refractivity contribution in [3.8, 4) is 0 Å². The zero-order chi connectivity index (χ0) is 12.8. The summed E-state index contributed by atoms with van der Waals surface area (Å²) in [6.07, 6.45) is 5.15. The Balaban J connectivity index is 1.64. The molecular formula is C15H18FNO. The standard InChI is InChI=1S/C15H18FNO/c1-10-8-12(16)4-5-13(10)14(18)17-9-15(6-7-15)11-2-3-11/h4-5,8,11H,2-3,6-7,9H2,1H3,(H,17,18). The van der Waals surface area contributed by atoms with Crippen LogP contribution in [0.5, 0.6) is 0 Å². The van der Waals surface area contributed by atoms with E-state index in [4.69, 9.17) is 0 Å². The van der Waals surface area contributed by atoms with E-state index in [1.165, 1.54) is 37.8 Å². The highest BCUT2D eigenvalue weighted by molar-refractivity contribution is 5.95. The summed E-state index contributed by atoms with van der Waals surface area (Å²) in [6.45, 7) is 2.55. The fourth-order valence-corrected chi connectivity index (χ4v) is 2.82. The number of halogens is 1. The summed E-state index contributed by atoms with van der Waals surface area (Å²) in [6, 6.07) is 4.31. The van der Waals surface area contributed by atoms with E-state index < -0.39 is 0 Å². The summed E-state index contributed by atoms with van der Waals surface area (Å²) in [7, 11) is 0. The Hall–Kier alpha value is -1.38. The van der Waals surface area contributed by atoms with Crippen molar-refractivity contribution in [3.63, 3.8) is 0 Å². The van der Waals surface area contributed by atoms with Crippen molar-refractivity contribution in [3.05, 3.63) is 35.1 Å². The molecule has 96 valence electrons. The SMILES string of the molecule is Cc1cc(F)ccc1C(=O)NCC1(C2CC2)CC1. The van der Waals surface area contributed by atoms with Crippen LogP contribution in [0.1, 0.15) is 41.6 Å². The second-order valence-electron chi connectivity index (χ2n) is 5.78. The molecule has 3 heteroatoms. The smallest absolute Gasteiger partial charge is 0.251 e. The topological polar surface area (TPSA) is 29.1 Å². The number of carbonyl (C=O) groups excluding carboxylic acids is 1. The first-order valence-electron chi connectivity index (χ1n) is 6.65. The van der Waals surface area contributed by atoms with Crippen LogP contribution in [-0.2, 0) is 0 Å². The third-order valence-electron chi connectivity index (χ3n) is 4.37. The van der Waals surface area contributed by atoms with E-state index in [1.54, 1.807) is 13.0 Å². The number of hydrogen-bond donors (Lipinski definition) is 1. The van der Waals surface area contributed by atoms with E-state index in [9.17, 15) is 9.18 Å². The van der Waals surface area contributed by atoms with Crippen LogP contribution in [0, 0.1) is 24.1 Å². The lowest BCUT2D eigenvalue weighted by molar-refractivity contribution is 0.0942. The first-order valence-corrected chi connectivity index (χ1v) is 6.65. The largest absolute Gasteiger partial charge is 0.351 e. The van der Waals surface area contributed by atoms with Gasteiger partial charge >= 0.3 is 0 Å². The van der Waals surface area contributed by atoms with Crippen molar-refractivity contribution >= 4 is 5.91 Å². The minimum atomic E-state index is -0.291. The van der Waals surface area contributed by atoms with Gasteiger partial charge in [0, 0.05) is 12.1 Å². The second-order valence-corrected chi connectivity index (χ2v) is 5.78. The zero-order valence-electron chi connectivity index (χ0n) is 10.6. The van der Waals surface area contributed by atoms with Crippen LogP contribution in [0.4, 0.5) is 4.39 Å². The molecule has 1 amide bonds. The third kappa shape index (κ3) is 2.14. The van der Waals surface area contributed by atoms with E-state index in [1.807, 2.05) is 0 Å². The minimum absolute atomic E-state index is 0.0700. The van der Waals surface area contributed by atoms with Gasteiger partial charge in [0.2, 0.25) is 0 Å². The first kappa shape index (κ1) is 11.7. The molecule has 2 aliphatic carbocycles. The predicted molar refractivity (Wildman–Crippen MR) is 67.9 cm³/mol. The molecule has 2 aliphatic rings. The van der Waals surface area contributed by atoms with Gasteiger partial charge in [0.05, 0.1) is 0 Å². The van der Waals surface area contributed by atoms with E-state index in [0.717, 1.165) is 12.5 Å². The van der Waals surface area contributed by atoms with Crippen LogP contribution in [0.25, 0.3) is 0 Å². The van der Waals surface area contributed by atoms with Gasteiger partial charge in [-0.2, -0.15) is 0 Å². The Morgan fingerprint density at radius 1 is 1.44 bits per heavy atom. The molecule has 0 saturated heterocycles. The first-order chi connectivity index (χ1) is 8.61. The van der Waals surface area contributed by atoms with Crippen molar-refractivity contribution in [2.45, 2.75) is 32.6 Å². The number of benzene rings is 1. The van der Waals surface area contributed by atoms with E-state index in [-0.39, 0.29) is 11.7 Å². The summed E-state index contributed by atoms with van der Waals surface area (Å²) >= 11 is 0. The van der Waals surface area contributed by atoms with Gasteiger partial charge in [0.25, 0.3) is 5.91 Å². The molecule has 1 aromatic carbocycles. The van der Waals surface area contributed by atoms with Crippen molar-refractivity contribution in [1.82, 2.24) is 5.32 Å². The van der Waals surface area contributed by atoms with Gasteiger partial charge in [0.1, 0.15) is 5.82 Å². The van der Waals surface area contributed by atoms with E-state index in [0.29, 0.717) is 16.5 Å². The van der Waals surface area contributed by atoms with Gasteiger partial charge in [-0.1, -0.05) is 0 Å². The van der Waals surface area contributed by atoms with Crippen molar-refractivity contribution in [2.24, 2.45) is 11.3 Å². The molecule has 0 radical (unpaired) electrons. The molecule has 2 saturated carbocycles. The molecule has 0 aromatic heterocycles. The lowest BCUT2D eigenvalue weighted by Crippen LogP contribution is -2.31. The van der Waals surface area contributed by atoms with Gasteiger partial charge in [-0.15, -0.1) is 0 Å². The number of hydrogen-bond acceptors (Lipinski definition) is 1. The molecule has 3 rings (SSSR count). The van der Waals surface area contributed by atoms with Crippen molar-refractivity contribution in [1.29, 1.82) is 0 Å². The highest BCUT2D eigenvalue weighted by Gasteiger charge is 2.53. The van der Waals surface area contributed by atoms with Crippen LogP contribution in [-0.4, -0.2) is 12.5 Å². The molecule has 2 fully saturated rings. The number of nitrogens with one attached hydrogen (secondary N) is 1. The maximum absolute atomic E-state index is 13.0. The van der Waals surface area contributed by atoms with Crippen molar-refractivity contribution < 1.29 is 9.18 Å². The van der Waals surface area contributed by atoms with Crippen LogP contribution in [0.2, 0.25) is 0 Å². The fraction of sp³-hybridized carbons (Fsp3) is 0.533. The van der Waals surface area contributed by atoms with Gasteiger partial charge in [-0.05, 0) is 67.7 Å². The summed E-state index contributed by atoms with van der Waals surface area (Å²) in [4.78, 5) is 12.1. The van der Waals surface area contributed by atoms with Gasteiger partial charge in [-0.25, -0.2) is 4.39 Å². The quantitative estimate of drug-likeness (QED) is 0.870. The Bertz CT molecular complexity index is 489. The van der Waals surface area contributed by atoms with Crippen molar-refractivity contribution in [2.75, 3.05) is 6.54 Å². The highest BCUT2D eigenvalue weighted by Crippen LogP contribution is 2.60. The average molecular weight is 247 g/mol. The molecule has 0 heterocycles. The van der Waals surface area contributed by atoms with Crippen LogP contribution in [0.3, 0.4) is 0 Å². The molecule has 0 spiro atoms. The number of carbonyl (C=O) groups is 1. The van der Waals surface area contributed by atoms with Gasteiger partial charge in [-0.3, -0.25) is 4.79 Å². The lowest BCUT2D eigenvalue weighted by atomic mass is 10.0. The normalized spacial score (nSPS) is 20.6. The minimum Gasteiger partial charge on any atom is -0.351 e. The Labute approximate surface area is 107 Å². The molecule has 1 aromatic rings. The summed E-state index contributed by atoms with van der Waals surface area (Å²) in [5, 5.41) is 3.02. The summed E-state index contributed by atoms with van der Waals surface area (Å²) in [5.74, 6) is 0.479. The zero-order valence-corrected chi connectivity index (χ0v) is 10.6. The average Bonchev–Trinajstić information content (AvgIpc) is 3.17. The third-order valence-corrected chi connectivity index (χ3v) is 4.37. The van der Waals surface area contributed by atoms with E-state index >= 15 is 0 Å². The molecule has 0 aliphatic heterocycles. The molecule has 1 N–H and O–H groups in total. The summed E-state index contributed by atoms with van der Waals surface area (Å²) in [5.41, 5.74) is 1.69. The number of rotatable bonds is 4. The van der Waals surface area contributed by atoms with Crippen LogP contribution in [0.15, 0.2) is 18.2 Å². The Kier molecular flexibility index (Phi) is 2.65. The Morgan fingerprint density at radius 3 is 2.72 bits per heavy atom. The van der Waals surface area contributed by atoms with E-state index in [2.05, 4.69) is 5.32 Å². The molecule has 0 bridgehead atoms. The number of aryl methyl sites for hydroxylation is 1. The van der Waals surface area contributed by atoms with Gasteiger partial charge in [0.15, 0.2) is 0 Å². The summed E-state index contributed by atoms with van der Waals surface area (Å²) < 4.78 is 13.0. The second kappa shape index (κ2) is 4.08. The monoisotopic (exact) mass is 247 g/mol. The Morgan fingerprint density at radius 2 is 2.17 bits per heavy atom. The van der Waals surface area contributed by atoms with Crippen LogP contribution < -0.4 is 5.32 Å². The molecule has 0 unspecified atom stereocenters.